The third-order valence-electron chi connectivity index (χ3n) is 2.82. The number of nitrogens with one attached hydrogen (secondary N) is 1. The summed E-state index contributed by atoms with van der Waals surface area (Å²) in [6, 6.07) is 2.29. The van der Waals surface area contributed by atoms with E-state index in [0.717, 1.165) is 18.9 Å². The van der Waals surface area contributed by atoms with Crippen LogP contribution in [0.25, 0.3) is 0 Å². The Morgan fingerprint density at radius 3 is 3.00 bits per heavy atom. The lowest BCUT2D eigenvalue weighted by molar-refractivity contribution is 0.674. The predicted molar refractivity (Wildman–Crippen MR) is 57.4 cm³/mol. The van der Waals surface area contributed by atoms with Crippen molar-refractivity contribution in [1.29, 1.82) is 0 Å². The first kappa shape index (κ1) is 9.71. The van der Waals surface area contributed by atoms with Crippen LogP contribution < -0.4 is 5.32 Å². The smallest absolute Gasteiger partial charge is 0.0628 e. The van der Waals surface area contributed by atoms with Gasteiger partial charge in [-0.15, -0.1) is 0 Å². The van der Waals surface area contributed by atoms with E-state index in [0.29, 0.717) is 0 Å². The Balaban J connectivity index is 1.94. The van der Waals surface area contributed by atoms with Crippen molar-refractivity contribution in [3.05, 3.63) is 17.5 Å². The summed E-state index contributed by atoms with van der Waals surface area (Å²) < 4.78 is 2.06. The van der Waals surface area contributed by atoms with Crippen molar-refractivity contribution < 1.29 is 0 Å². The minimum absolute atomic E-state index is 0.811. The topological polar surface area (TPSA) is 29.9 Å². The molecular formula is C11H19N3. The molecule has 3 heteroatoms. The molecule has 0 amide bonds. The molecule has 2 rings (SSSR count). The van der Waals surface area contributed by atoms with E-state index in [2.05, 4.69) is 28.2 Å². The molecule has 1 aliphatic rings. The Hall–Kier alpha value is -0.830. The molecule has 0 spiro atoms. The highest BCUT2D eigenvalue weighted by molar-refractivity contribution is 5.19. The Bertz CT molecular complexity index is 299. The van der Waals surface area contributed by atoms with Gasteiger partial charge in [0.2, 0.25) is 0 Å². The number of hydrogen-bond donors (Lipinski definition) is 1. The van der Waals surface area contributed by atoms with Gasteiger partial charge in [0.05, 0.1) is 5.69 Å². The van der Waals surface area contributed by atoms with Crippen LogP contribution in [0, 0.1) is 0 Å². The van der Waals surface area contributed by atoms with Gasteiger partial charge in [-0.3, -0.25) is 4.68 Å². The Labute approximate surface area is 85.5 Å². The molecule has 0 unspecified atom stereocenters. The highest BCUT2D eigenvalue weighted by Gasteiger charge is 2.26. The summed E-state index contributed by atoms with van der Waals surface area (Å²) in [4.78, 5) is 0. The van der Waals surface area contributed by atoms with Gasteiger partial charge in [-0.2, -0.15) is 5.10 Å². The molecule has 0 aliphatic heterocycles. The van der Waals surface area contributed by atoms with Crippen LogP contribution in [-0.4, -0.2) is 23.4 Å². The number of nitrogens with zero attached hydrogens (tertiary/aromatic N) is 2. The van der Waals surface area contributed by atoms with Gasteiger partial charge >= 0.3 is 0 Å². The molecule has 1 aliphatic carbocycles. The molecular weight excluding hydrogens is 174 g/mol. The minimum Gasteiger partial charge on any atom is -0.320 e. The van der Waals surface area contributed by atoms with Gasteiger partial charge in [-0.25, -0.2) is 0 Å². The van der Waals surface area contributed by atoms with E-state index in [1.54, 1.807) is 0 Å². The SMILES string of the molecule is CNCCCc1cc(C2CC2)n(C)n1. The van der Waals surface area contributed by atoms with E-state index >= 15 is 0 Å². The molecule has 1 saturated carbocycles. The highest BCUT2D eigenvalue weighted by atomic mass is 15.3. The lowest BCUT2D eigenvalue weighted by atomic mass is 10.2. The normalized spacial score (nSPS) is 16.1. The minimum atomic E-state index is 0.811. The molecule has 1 aromatic heterocycles. The summed E-state index contributed by atoms with van der Waals surface area (Å²) in [7, 11) is 4.06. The van der Waals surface area contributed by atoms with Crippen molar-refractivity contribution in [2.45, 2.75) is 31.6 Å². The van der Waals surface area contributed by atoms with Crippen LogP contribution in [-0.2, 0) is 13.5 Å². The summed E-state index contributed by atoms with van der Waals surface area (Å²) in [6.07, 6.45) is 4.99. The van der Waals surface area contributed by atoms with Gasteiger partial charge in [0.15, 0.2) is 0 Å². The van der Waals surface area contributed by atoms with Crippen molar-refractivity contribution in [3.8, 4) is 0 Å². The second-order valence-electron chi connectivity index (χ2n) is 4.17. The van der Waals surface area contributed by atoms with E-state index in [9.17, 15) is 0 Å². The first-order chi connectivity index (χ1) is 6.81. The van der Waals surface area contributed by atoms with E-state index in [1.165, 1.54) is 30.7 Å². The molecule has 3 nitrogen and oxygen atoms in total. The number of aromatic nitrogens is 2. The van der Waals surface area contributed by atoms with Gasteiger partial charge < -0.3 is 5.32 Å². The molecule has 0 bridgehead atoms. The van der Waals surface area contributed by atoms with Crippen molar-refractivity contribution in [3.63, 3.8) is 0 Å². The maximum Gasteiger partial charge on any atom is 0.0628 e. The highest BCUT2D eigenvalue weighted by Crippen LogP contribution is 2.39. The first-order valence-corrected chi connectivity index (χ1v) is 5.48. The van der Waals surface area contributed by atoms with E-state index in [1.807, 2.05) is 7.05 Å². The van der Waals surface area contributed by atoms with Crippen molar-refractivity contribution in [2.75, 3.05) is 13.6 Å². The zero-order chi connectivity index (χ0) is 9.97. The zero-order valence-electron chi connectivity index (χ0n) is 9.08. The Morgan fingerprint density at radius 2 is 2.36 bits per heavy atom. The summed E-state index contributed by atoms with van der Waals surface area (Å²) in [5.74, 6) is 0.811. The lowest BCUT2D eigenvalue weighted by Crippen LogP contribution is -2.08. The van der Waals surface area contributed by atoms with Crippen LogP contribution in [0.15, 0.2) is 6.07 Å². The molecule has 1 heterocycles. The number of aryl methyl sites for hydroxylation is 2. The Morgan fingerprint density at radius 1 is 1.57 bits per heavy atom. The fraction of sp³-hybridized carbons (Fsp3) is 0.727. The van der Waals surface area contributed by atoms with Crippen LogP contribution in [0.1, 0.15) is 36.6 Å². The van der Waals surface area contributed by atoms with E-state index in [4.69, 9.17) is 0 Å². The number of rotatable bonds is 5. The van der Waals surface area contributed by atoms with E-state index in [-0.39, 0.29) is 0 Å². The average Bonchev–Trinajstić information content (AvgIpc) is 2.92. The van der Waals surface area contributed by atoms with Crippen molar-refractivity contribution in [1.82, 2.24) is 15.1 Å². The predicted octanol–water partition coefficient (Wildman–Crippen LogP) is 1.45. The standard InChI is InChI=1S/C11H19N3/c1-12-7-3-4-10-8-11(9-5-6-9)14(2)13-10/h8-9,12H,3-7H2,1-2H3. The summed E-state index contributed by atoms with van der Waals surface area (Å²) in [5.41, 5.74) is 2.69. The molecule has 14 heavy (non-hydrogen) atoms. The van der Waals surface area contributed by atoms with Gasteiger partial charge in [0.25, 0.3) is 0 Å². The molecule has 78 valence electrons. The summed E-state index contributed by atoms with van der Waals surface area (Å²) in [5, 5.41) is 7.69. The molecule has 1 aromatic rings. The van der Waals surface area contributed by atoms with Crippen LogP contribution in [0.5, 0.6) is 0 Å². The Kier molecular flexibility index (Phi) is 2.87. The van der Waals surface area contributed by atoms with E-state index < -0.39 is 0 Å². The summed E-state index contributed by atoms with van der Waals surface area (Å²) in [6.45, 7) is 1.08. The van der Waals surface area contributed by atoms with Crippen LogP contribution in [0.2, 0.25) is 0 Å². The molecule has 1 N–H and O–H groups in total. The second kappa shape index (κ2) is 4.13. The van der Waals surface area contributed by atoms with Crippen molar-refractivity contribution >= 4 is 0 Å². The van der Waals surface area contributed by atoms with Gasteiger partial charge in [-0.1, -0.05) is 0 Å². The lowest BCUT2D eigenvalue weighted by Gasteiger charge is -1.95. The van der Waals surface area contributed by atoms with Crippen LogP contribution >= 0.6 is 0 Å². The van der Waals surface area contributed by atoms with Crippen LogP contribution in [0.4, 0.5) is 0 Å². The third-order valence-corrected chi connectivity index (χ3v) is 2.82. The number of hydrogen-bond acceptors (Lipinski definition) is 2. The third kappa shape index (κ3) is 2.15. The quantitative estimate of drug-likeness (QED) is 0.717. The molecule has 0 radical (unpaired) electrons. The molecule has 0 aromatic carbocycles. The van der Waals surface area contributed by atoms with Gasteiger partial charge in [0.1, 0.15) is 0 Å². The zero-order valence-corrected chi connectivity index (χ0v) is 9.08. The van der Waals surface area contributed by atoms with Crippen molar-refractivity contribution in [2.24, 2.45) is 7.05 Å². The second-order valence-corrected chi connectivity index (χ2v) is 4.17. The van der Waals surface area contributed by atoms with Gasteiger partial charge in [-0.05, 0) is 45.3 Å². The first-order valence-electron chi connectivity index (χ1n) is 5.48. The largest absolute Gasteiger partial charge is 0.320 e. The fourth-order valence-electron chi connectivity index (χ4n) is 1.87. The van der Waals surface area contributed by atoms with Gasteiger partial charge in [0, 0.05) is 18.7 Å². The monoisotopic (exact) mass is 193 g/mol. The average molecular weight is 193 g/mol. The summed E-state index contributed by atoms with van der Waals surface area (Å²) >= 11 is 0. The maximum atomic E-state index is 4.53. The van der Waals surface area contributed by atoms with Crippen LogP contribution in [0.3, 0.4) is 0 Å². The molecule has 0 saturated heterocycles. The fourth-order valence-corrected chi connectivity index (χ4v) is 1.87. The molecule has 1 fully saturated rings. The maximum absolute atomic E-state index is 4.53. The molecule has 0 atom stereocenters.